The molecule has 100 valence electrons. The zero-order chi connectivity index (χ0) is 14.0. The summed E-state index contributed by atoms with van der Waals surface area (Å²) in [7, 11) is 0. The van der Waals surface area contributed by atoms with E-state index >= 15 is 0 Å². The summed E-state index contributed by atoms with van der Waals surface area (Å²) >= 11 is 19.0. The molecule has 5 heteroatoms. The highest BCUT2D eigenvalue weighted by Crippen LogP contribution is 2.33. The summed E-state index contributed by atoms with van der Waals surface area (Å²) < 4.78 is 14.6. The molecule has 0 aromatic heterocycles. The highest BCUT2D eigenvalue weighted by molar-refractivity contribution is 9.10. The van der Waals surface area contributed by atoms with Gasteiger partial charge < -0.3 is 0 Å². The van der Waals surface area contributed by atoms with Crippen LogP contribution in [-0.4, -0.2) is 0 Å². The van der Waals surface area contributed by atoms with Crippen molar-refractivity contribution in [2.24, 2.45) is 0 Å². The lowest BCUT2D eigenvalue weighted by molar-refractivity contribution is 0.608. The summed E-state index contributed by atoms with van der Waals surface area (Å²) in [6, 6.07) is 10.3. The predicted molar refractivity (Wildman–Crippen MR) is 85.9 cm³/mol. The first-order chi connectivity index (χ1) is 8.97. The Hall–Kier alpha value is -0.0900. The average molecular weight is 427 g/mol. The van der Waals surface area contributed by atoms with E-state index in [1.165, 1.54) is 6.07 Å². The zero-order valence-corrected chi connectivity index (χ0v) is 14.3. The second-order valence-electron chi connectivity index (χ2n) is 4.07. The Balaban J connectivity index is 2.28. The molecule has 0 spiro atoms. The smallest absolute Gasteiger partial charge is 0.127 e. The summed E-state index contributed by atoms with van der Waals surface area (Å²) in [6.45, 7) is 0. The van der Waals surface area contributed by atoms with Crippen LogP contribution in [0.3, 0.4) is 0 Å². The van der Waals surface area contributed by atoms with Crippen molar-refractivity contribution in [2.75, 3.05) is 0 Å². The molecule has 0 fully saturated rings. The van der Waals surface area contributed by atoms with Crippen LogP contribution < -0.4 is 0 Å². The van der Waals surface area contributed by atoms with E-state index in [1.54, 1.807) is 18.2 Å². The first-order valence-corrected chi connectivity index (χ1v) is 7.97. The molecule has 19 heavy (non-hydrogen) atoms. The molecule has 2 aromatic carbocycles. The minimum absolute atomic E-state index is 0.0584. The Morgan fingerprint density at radius 1 is 1.16 bits per heavy atom. The van der Waals surface area contributed by atoms with Gasteiger partial charge in [0.15, 0.2) is 0 Å². The summed E-state index contributed by atoms with van der Waals surface area (Å²) in [5.74, 6) is -0.293. The Morgan fingerprint density at radius 2 is 1.89 bits per heavy atom. The van der Waals surface area contributed by atoms with Gasteiger partial charge in [0, 0.05) is 24.9 Å². The van der Waals surface area contributed by atoms with Gasteiger partial charge in [0.05, 0.1) is 0 Å². The van der Waals surface area contributed by atoms with E-state index in [0.29, 0.717) is 22.0 Å². The van der Waals surface area contributed by atoms with E-state index in [-0.39, 0.29) is 10.6 Å². The van der Waals surface area contributed by atoms with Gasteiger partial charge >= 0.3 is 0 Å². The van der Waals surface area contributed by atoms with Crippen LogP contribution in [0.5, 0.6) is 0 Å². The minimum atomic E-state index is -0.293. The van der Waals surface area contributed by atoms with E-state index in [2.05, 4.69) is 31.9 Å². The standard InChI is InChI=1S/C14H9Br2Cl2F/c15-9-4-8(5-10(17)6-9)12(16)7-11-13(18)2-1-3-14(11)19/h1-6,12H,7H2. The lowest BCUT2D eigenvalue weighted by Gasteiger charge is -2.13. The van der Waals surface area contributed by atoms with Crippen molar-refractivity contribution in [1.82, 2.24) is 0 Å². The van der Waals surface area contributed by atoms with Crippen LogP contribution in [0.1, 0.15) is 16.0 Å². The van der Waals surface area contributed by atoms with Crippen LogP contribution in [0, 0.1) is 5.82 Å². The third-order valence-corrected chi connectivity index (χ3v) is 4.57. The molecule has 1 unspecified atom stereocenters. The topological polar surface area (TPSA) is 0 Å². The highest BCUT2D eigenvalue weighted by atomic mass is 79.9. The molecule has 0 saturated carbocycles. The predicted octanol–water partition coefficient (Wildman–Crippen LogP) is 6.57. The number of alkyl halides is 1. The lowest BCUT2D eigenvalue weighted by Crippen LogP contribution is -1.99. The molecule has 0 heterocycles. The van der Waals surface area contributed by atoms with Crippen molar-refractivity contribution in [1.29, 1.82) is 0 Å². The zero-order valence-electron chi connectivity index (χ0n) is 9.64. The van der Waals surface area contributed by atoms with Crippen molar-refractivity contribution in [3.8, 4) is 0 Å². The van der Waals surface area contributed by atoms with Gasteiger partial charge in [-0.25, -0.2) is 4.39 Å². The molecule has 0 N–H and O–H groups in total. The number of rotatable bonds is 3. The maximum Gasteiger partial charge on any atom is 0.127 e. The van der Waals surface area contributed by atoms with E-state index in [0.717, 1.165) is 10.0 Å². The van der Waals surface area contributed by atoms with Gasteiger partial charge in [-0.1, -0.05) is 61.1 Å². The van der Waals surface area contributed by atoms with Gasteiger partial charge in [0.1, 0.15) is 5.82 Å². The van der Waals surface area contributed by atoms with Crippen molar-refractivity contribution >= 4 is 55.1 Å². The molecule has 0 aliphatic heterocycles. The second-order valence-corrected chi connectivity index (χ2v) is 6.94. The quantitative estimate of drug-likeness (QED) is 0.486. The fourth-order valence-corrected chi connectivity index (χ4v) is 3.49. The fraction of sp³-hybridized carbons (Fsp3) is 0.143. The molecule has 0 aliphatic carbocycles. The summed E-state index contributed by atoms with van der Waals surface area (Å²) in [6.07, 6.45) is 0.457. The molecule has 0 bridgehead atoms. The van der Waals surface area contributed by atoms with Gasteiger partial charge in [-0.05, 0) is 42.3 Å². The molecule has 1 atom stereocenters. The molecule has 0 nitrogen and oxygen atoms in total. The van der Waals surface area contributed by atoms with E-state index in [1.807, 2.05) is 12.1 Å². The van der Waals surface area contributed by atoms with Crippen LogP contribution in [0.25, 0.3) is 0 Å². The van der Waals surface area contributed by atoms with Crippen LogP contribution >= 0.6 is 55.1 Å². The summed E-state index contributed by atoms with van der Waals surface area (Å²) in [5.41, 5.74) is 1.47. The van der Waals surface area contributed by atoms with Crippen LogP contribution in [0.2, 0.25) is 10.0 Å². The van der Waals surface area contributed by atoms with Gasteiger partial charge in [-0.3, -0.25) is 0 Å². The number of benzene rings is 2. The third-order valence-electron chi connectivity index (χ3n) is 2.69. The SMILES string of the molecule is Fc1cccc(Cl)c1CC(Br)c1cc(Cl)cc(Br)c1. The molecule has 0 aliphatic rings. The fourth-order valence-electron chi connectivity index (χ4n) is 1.78. The van der Waals surface area contributed by atoms with Crippen molar-refractivity contribution < 1.29 is 4.39 Å². The maximum absolute atomic E-state index is 13.7. The molecule has 0 saturated heterocycles. The monoisotopic (exact) mass is 424 g/mol. The van der Waals surface area contributed by atoms with Crippen molar-refractivity contribution in [3.05, 3.63) is 67.9 Å². The third kappa shape index (κ3) is 3.94. The van der Waals surface area contributed by atoms with Gasteiger partial charge in [0.25, 0.3) is 0 Å². The number of hydrogen-bond acceptors (Lipinski definition) is 0. The Labute approximate surface area is 138 Å². The molecular formula is C14H9Br2Cl2F. The van der Waals surface area contributed by atoms with E-state index in [4.69, 9.17) is 23.2 Å². The average Bonchev–Trinajstić information content (AvgIpc) is 2.32. The largest absolute Gasteiger partial charge is 0.207 e. The van der Waals surface area contributed by atoms with Crippen LogP contribution in [0.4, 0.5) is 4.39 Å². The Morgan fingerprint density at radius 3 is 2.53 bits per heavy atom. The molecule has 0 amide bonds. The lowest BCUT2D eigenvalue weighted by atomic mass is 10.0. The van der Waals surface area contributed by atoms with Crippen LogP contribution in [0.15, 0.2) is 40.9 Å². The number of hydrogen-bond donors (Lipinski definition) is 0. The van der Waals surface area contributed by atoms with E-state index in [9.17, 15) is 4.39 Å². The van der Waals surface area contributed by atoms with Gasteiger partial charge in [-0.2, -0.15) is 0 Å². The first kappa shape index (κ1) is 15.3. The minimum Gasteiger partial charge on any atom is -0.207 e. The first-order valence-electron chi connectivity index (χ1n) is 5.50. The molecule has 2 rings (SSSR count). The molecular weight excluding hydrogens is 418 g/mol. The Kier molecular flexibility index (Phi) is 5.29. The number of halogens is 5. The summed E-state index contributed by atoms with van der Waals surface area (Å²) in [5, 5.41) is 1.07. The molecule has 0 radical (unpaired) electrons. The van der Waals surface area contributed by atoms with Crippen molar-refractivity contribution in [2.45, 2.75) is 11.2 Å². The van der Waals surface area contributed by atoms with Gasteiger partial charge in [0.2, 0.25) is 0 Å². The molecule has 2 aromatic rings. The second kappa shape index (κ2) is 6.57. The normalized spacial score (nSPS) is 12.5. The van der Waals surface area contributed by atoms with Gasteiger partial charge in [-0.15, -0.1) is 0 Å². The van der Waals surface area contributed by atoms with Crippen LogP contribution in [-0.2, 0) is 6.42 Å². The highest BCUT2D eigenvalue weighted by Gasteiger charge is 2.15. The summed E-state index contributed by atoms with van der Waals surface area (Å²) in [4.78, 5) is -0.0584. The van der Waals surface area contributed by atoms with E-state index < -0.39 is 0 Å². The maximum atomic E-state index is 13.7. The Bertz CT molecular complexity index is 561. The van der Waals surface area contributed by atoms with Crippen molar-refractivity contribution in [3.63, 3.8) is 0 Å².